The second kappa shape index (κ2) is 9.17. The van der Waals surface area contributed by atoms with Crippen LogP contribution >= 0.6 is 0 Å². The van der Waals surface area contributed by atoms with Crippen LogP contribution in [0.2, 0.25) is 0 Å². The molecule has 4 rings (SSSR count). The third-order valence-corrected chi connectivity index (χ3v) is 5.59. The highest BCUT2D eigenvalue weighted by molar-refractivity contribution is 6.05. The molecule has 0 saturated heterocycles. The van der Waals surface area contributed by atoms with Gasteiger partial charge in [-0.25, -0.2) is 0 Å². The fourth-order valence-corrected chi connectivity index (χ4v) is 3.73. The van der Waals surface area contributed by atoms with Crippen LogP contribution in [0, 0.1) is 6.92 Å². The highest BCUT2D eigenvalue weighted by Gasteiger charge is 2.15. The number of ketones is 1. The summed E-state index contributed by atoms with van der Waals surface area (Å²) in [6.07, 6.45) is 3.28. The van der Waals surface area contributed by atoms with Gasteiger partial charge in [0.15, 0.2) is 5.78 Å². The van der Waals surface area contributed by atoms with Gasteiger partial charge in [-0.3, -0.25) is 9.59 Å². The molecule has 166 valence electrons. The second-order valence-corrected chi connectivity index (χ2v) is 8.01. The van der Waals surface area contributed by atoms with Crippen LogP contribution in [-0.4, -0.2) is 18.8 Å². The molecule has 0 radical (unpaired) electrons. The average Bonchev–Trinajstić information content (AvgIpc) is 3.21. The van der Waals surface area contributed by atoms with Crippen LogP contribution in [0.5, 0.6) is 5.75 Å². The second-order valence-electron chi connectivity index (χ2n) is 8.01. The number of aryl methyl sites for hydroxylation is 1. The number of rotatable bonds is 6. The highest BCUT2D eigenvalue weighted by atomic mass is 16.5. The number of carbonyl (C=O) groups excluding carboxylic acids is 2. The number of benzene rings is 3. The summed E-state index contributed by atoms with van der Waals surface area (Å²) in [5, 5.41) is 3.78. The molecule has 0 aliphatic heterocycles. The lowest BCUT2D eigenvalue weighted by atomic mass is 9.99. The zero-order valence-corrected chi connectivity index (χ0v) is 19.1. The van der Waals surface area contributed by atoms with Gasteiger partial charge >= 0.3 is 0 Å². The summed E-state index contributed by atoms with van der Waals surface area (Å²) in [6, 6.07) is 18.9. The van der Waals surface area contributed by atoms with E-state index in [1.54, 1.807) is 37.6 Å². The quantitative estimate of drug-likeness (QED) is 0.269. The van der Waals surface area contributed by atoms with Crippen LogP contribution in [0.15, 0.2) is 77.4 Å². The standard InChI is InChI=1S/C28H25NO4/c1-17-5-7-21(8-6-17)25-16-33-27-15-26(32-4)23(14-24(25)27)18(2)13-28(31)29-22-11-9-20(10-12-22)19(3)30/h5-16H,1-4H3,(H,29,31)/b18-13+. The molecule has 1 amide bonds. The smallest absolute Gasteiger partial charge is 0.248 e. The lowest BCUT2D eigenvalue weighted by Crippen LogP contribution is -2.09. The summed E-state index contributed by atoms with van der Waals surface area (Å²) in [5.41, 5.74) is 6.73. The molecule has 0 saturated carbocycles. The molecule has 1 aromatic heterocycles. The zero-order valence-electron chi connectivity index (χ0n) is 19.1. The van der Waals surface area contributed by atoms with E-state index in [0.717, 1.165) is 27.6 Å². The Morgan fingerprint density at radius 1 is 0.970 bits per heavy atom. The van der Waals surface area contributed by atoms with Gasteiger partial charge in [0, 0.05) is 39.9 Å². The van der Waals surface area contributed by atoms with Crippen molar-refractivity contribution in [1.29, 1.82) is 0 Å². The summed E-state index contributed by atoms with van der Waals surface area (Å²) < 4.78 is 11.4. The molecule has 33 heavy (non-hydrogen) atoms. The van der Waals surface area contributed by atoms with Crippen LogP contribution in [0.3, 0.4) is 0 Å². The number of fused-ring (bicyclic) bond motifs is 1. The number of nitrogens with one attached hydrogen (secondary N) is 1. The third-order valence-electron chi connectivity index (χ3n) is 5.59. The summed E-state index contributed by atoms with van der Waals surface area (Å²) in [7, 11) is 1.60. The van der Waals surface area contributed by atoms with E-state index < -0.39 is 0 Å². The van der Waals surface area contributed by atoms with E-state index in [1.165, 1.54) is 18.6 Å². The number of carbonyl (C=O) groups is 2. The monoisotopic (exact) mass is 439 g/mol. The van der Waals surface area contributed by atoms with E-state index in [0.29, 0.717) is 22.6 Å². The van der Waals surface area contributed by atoms with Gasteiger partial charge in [0.05, 0.1) is 13.4 Å². The Labute approximate surface area is 192 Å². The van der Waals surface area contributed by atoms with E-state index in [2.05, 4.69) is 36.5 Å². The van der Waals surface area contributed by atoms with E-state index in [4.69, 9.17) is 9.15 Å². The van der Waals surface area contributed by atoms with Crippen molar-refractivity contribution < 1.29 is 18.7 Å². The minimum Gasteiger partial charge on any atom is -0.496 e. The van der Waals surface area contributed by atoms with Crippen molar-refractivity contribution in [3.8, 4) is 16.9 Å². The Kier molecular flexibility index (Phi) is 6.13. The lowest BCUT2D eigenvalue weighted by Gasteiger charge is -2.10. The summed E-state index contributed by atoms with van der Waals surface area (Å²) in [6.45, 7) is 5.43. The van der Waals surface area contributed by atoms with Crippen molar-refractivity contribution in [3.05, 3.63) is 89.7 Å². The van der Waals surface area contributed by atoms with Crippen molar-refractivity contribution >= 4 is 33.9 Å². The maximum Gasteiger partial charge on any atom is 0.248 e. The van der Waals surface area contributed by atoms with Gasteiger partial charge in [-0.05, 0) is 62.2 Å². The molecule has 0 spiro atoms. The molecular formula is C28H25NO4. The largest absolute Gasteiger partial charge is 0.496 e. The number of allylic oxidation sites excluding steroid dienone is 1. The van der Waals surface area contributed by atoms with Crippen molar-refractivity contribution in [1.82, 2.24) is 0 Å². The van der Waals surface area contributed by atoms with Crippen molar-refractivity contribution in [2.45, 2.75) is 20.8 Å². The Bertz CT molecular complexity index is 1360. The molecule has 4 aromatic rings. The number of ether oxygens (including phenoxy) is 1. The number of Topliss-reactive ketones (excluding diaryl/α,β-unsaturated/α-hetero) is 1. The Morgan fingerprint density at radius 3 is 2.30 bits per heavy atom. The first-order valence-corrected chi connectivity index (χ1v) is 10.6. The molecule has 3 aromatic carbocycles. The predicted octanol–water partition coefficient (Wildman–Crippen LogP) is 6.66. The summed E-state index contributed by atoms with van der Waals surface area (Å²) >= 11 is 0. The number of hydrogen-bond donors (Lipinski definition) is 1. The van der Waals surface area contributed by atoms with Crippen molar-refractivity contribution in [3.63, 3.8) is 0 Å². The van der Waals surface area contributed by atoms with Crippen LogP contribution < -0.4 is 10.1 Å². The van der Waals surface area contributed by atoms with Crippen molar-refractivity contribution in [2.24, 2.45) is 0 Å². The van der Waals surface area contributed by atoms with Crippen molar-refractivity contribution in [2.75, 3.05) is 12.4 Å². The SMILES string of the molecule is COc1cc2occ(-c3ccc(C)cc3)c2cc1/C(C)=C/C(=O)Nc1ccc(C(C)=O)cc1. The Hall–Kier alpha value is -4.12. The Morgan fingerprint density at radius 2 is 1.67 bits per heavy atom. The van der Waals surface area contributed by atoms with Gasteiger partial charge in [-0.2, -0.15) is 0 Å². The van der Waals surface area contributed by atoms with E-state index in [9.17, 15) is 9.59 Å². The summed E-state index contributed by atoms with van der Waals surface area (Å²) in [5.74, 6) is 0.339. The molecule has 1 heterocycles. The van der Waals surface area contributed by atoms with E-state index in [1.807, 2.05) is 19.1 Å². The van der Waals surface area contributed by atoms with Crippen LogP contribution in [0.4, 0.5) is 5.69 Å². The number of furan rings is 1. The van der Waals surface area contributed by atoms with Gasteiger partial charge < -0.3 is 14.5 Å². The number of amides is 1. The first-order valence-electron chi connectivity index (χ1n) is 10.6. The van der Waals surface area contributed by atoms with Crippen LogP contribution in [0.1, 0.15) is 35.3 Å². The minimum atomic E-state index is -0.267. The van der Waals surface area contributed by atoms with Crippen LogP contribution in [-0.2, 0) is 4.79 Å². The molecule has 0 atom stereocenters. The van der Waals surface area contributed by atoms with Gasteiger partial charge in [0.1, 0.15) is 11.3 Å². The van der Waals surface area contributed by atoms with Gasteiger partial charge in [0.25, 0.3) is 0 Å². The number of methoxy groups -OCH3 is 1. The molecular weight excluding hydrogens is 414 g/mol. The van der Waals surface area contributed by atoms with Gasteiger partial charge in [-0.15, -0.1) is 0 Å². The topological polar surface area (TPSA) is 68.5 Å². The molecule has 5 nitrogen and oxygen atoms in total. The number of hydrogen-bond acceptors (Lipinski definition) is 4. The lowest BCUT2D eigenvalue weighted by molar-refractivity contribution is -0.111. The molecule has 1 N–H and O–H groups in total. The number of anilines is 1. The van der Waals surface area contributed by atoms with Gasteiger partial charge in [0.2, 0.25) is 5.91 Å². The fraction of sp³-hybridized carbons (Fsp3) is 0.143. The summed E-state index contributed by atoms with van der Waals surface area (Å²) in [4.78, 5) is 24.1. The fourth-order valence-electron chi connectivity index (χ4n) is 3.73. The van der Waals surface area contributed by atoms with E-state index >= 15 is 0 Å². The maximum atomic E-state index is 12.6. The molecule has 0 unspecified atom stereocenters. The first kappa shape index (κ1) is 22.1. The molecule has 0 fully saturated rings. The van der Waals surface area contributed by atoms with Gasteiger partial charge in [-0.1, -0.05) is 29.8 Å². The maximum absolute atomic E-state index is 12.6. The molecule has 0 bridgehead atoms. The Balaban J connectivity index is 1.65. The minimum absolute atomic E-state index is 0.0182. The normalized spacial score (nSPS) is 11.5. The van der Waals surface area contributed by atoms with Crippen LogP contribution in [0.25, 0.3) is 27.7 Å². The predicted molar refractivity (Wildman–Crippen MR) is 132 cm³/mol. The molecule has 5 heteroatoms. The zero-order chi connectivity index (χ0) is 23.5. The first-order chi connectivity index (χ1) is 15.9. The highest BCUT2D eigenvalue weighted by Crippen LogP contribution is 2.37. The van der Waals surface area contributed by atoms with E-state index in [-0.39, 0.29) is 11.7 Å². The third kappa shape index (κ3) is 4.72. The average molecular weight is 440 g/mol. The molecule has 0 aliphatic rings. The molecule has 0 aliphatic carbocycles.